The smallest absolute Gasteiger partial charge is 0.410 e. The van der Waals surface area contributed by atoms with Crippen molar-refractivity contribution in [3.63, 3.8) is 0 Å². The third-order valence-corrected chi connectivity index (χ3v) is 6.85. The van der Waals surface area contributed by atoms with Gasteiger partial charge in [-0.1, -0.05) is 36.1 Å². The minimum atomic E-state index is -1.19. The Balaban J connectivity index is 1.41. The molecule has 2 heterocycles. The zero-order valence-electron chi connectivity index (χ0n) is 18.6. The number of halogens is 1. The molecule has 0 aromatic heterocycles. The van der Waals surface area contributed by atoms with Crippen molar-refractivity contribution in [3.05, 3.63) is 64.3 Å². The lowest BCUT2D eigenvalue weighted by atomic mass is 10.1. The highest BCUT2D eigenvalue weighted by atomic mass is 32.2. The number of carbonyl (C=O) groups is 3. The molecule has 2 aliphatic heterocycles. The fraction of sp³-hybridized carbons (Fsp3) is 0.250. The summed E-state index contributed by atoms with van der Waals surface area (Å²) >= 11 is 5.97. The summed E-state index contributed by atoms with van der Waals surface area (Å²) in [4.78, 5) is 37.8. The number of carboxylic acid groups (broad SMARTS) is 1. The maximum atomic E-state index is 14.7. The van der Waals surface area contributed by atoms with Crippen LogP contribution in [0.25, 0.3) is 6.08 Å². The second kappa shape index (κ2) is 10.4. The van der Waals surface area contributed by atoms with Gasteiger partial charge < -0.3 is 19.5 Å². The number of ether oxygens (including phenoxy) is 2. The normalized spacial score (nSPS) is 19.0. The number of rotatable bonds is 8. The van der Waals surface area contributed by atoms with Crippen molar-refractivity contribution in [2.75, 3.05) is 19.7 Å². The van der Waals surface area contributed by atoms with Gasteiger partial charge in [-0.15, -0.1) is 0 Å². The van der Waals surface area contributed by atoms with E-state index in [2.05, 4.69) is 0 Å². The van der Waals surface area contributed by atoms with Gasteiger partial charge in [-0.05, 0) is 49.2 Å². The van der Waals surface area contributed by atoms with Gasteiger partial charge in [0.25, 0.3) is 5.91 Å². The van der Waals surface area contributed by atoms with Crippen LogP contribution in [0.15, 0.2) is 47.4 Å². The van der Waals surface area contributed by atoms with Crippen LogP contribution in [0.4, 0.5) is 9.18 Å². The SMILES string of the molecule is CCN1C(=O)OCC1Cc1ccc(Oc2ccc(C=C3SC(=S)N(CC(=O)O)C3=O)c(F)c2)cc1. The van der Waals surface area contributed by atoms with Gasteiger partial charge >= 0.3 is 12.1 Å². The molecule has 2 amide bonds. The Labute approximate surface area is 210 Å². The first-order valence-corrected chi connectivity index (χ1v) is 11.9. The molecule has 4 rings (SSSR count). The zero-order chi connectivity index (χ0) is 25.1. The third kappa shape index (κ3) is 5.63. The summed E-state index contributed by atoms with van der Waals surface area (Å²) in [6.07, 6.45) is 1.70. The van der Waals surface area contributed by atoms with E-state index in [9.17, 15) is 18.8 Å². The number of cyclic esters (lactones) is 1. The molecule has 2 aromatic carbocycles. The first kappa shape index (κ1) is 24.7. The molecule has 0 bridgehead atoms. The zero-order valence-corrected chi connectivity index (χ0v) is 20.2. The second-order valence-electron chi connectivity index (χ2n) is 7.81. The van der Waals surface area contributed by atoms with Crippen LogP contribution in [0.3, 0.4) is 0 Å². The number of thiocarbonyl (C=S) groups is 1. The monoisotopic (exact) mass is 516 g/mol. The predicted molar refractivity (Wildman–Crippen MR) is 132 cm³/mol. The van der Waals surface area contributed by atoms with Crippen LogP contribution in [-0.4, -0.2) is 62.9 Å². The molecule has 2 aliphatic rings. The number of aliphatic carboxylic acids is 1. The highest BCUT2D eigenvalue weighted by molar-refractivity contribution is 8.26. The van der Waals surface area contributed by atoms with Gasteiger partial charge in [-0.25, -0.2) is 9.18 Å². The highest BCUT2D eigenvalue weighted by Crippen LogP contribution is 2.33. The van der Waals surface area contributed by atoms with E-state index < -0.39 is 24.2 Å². The van der Waals surface area contributed by atoms with E-state index in [0.717, 1.165) is 22.2 Å². The number of carboxylic acids is 1. The van der Waals surface area contributed by atoms with Crippen LogP contribution in [-0.2, 0) is 20.7 Å². The topological polar surface area (TPSA) is 96.4 Å². The molecular formula is C24H21FN2O6S2. The summed E-state index contributed by atoms with van der Waals surface area (Å²) in [5.74, 6) is -1.57. The first-order valence-electron chi connectivity index (χ1n) is 10.7. The van der Waals surface area contributed by atoms with Crippen LogP contribution in [0.1, 0.15) is 18.1 Å². The number of likely N-dealkylation sites (N-methyl/N-ethyl adjacent to an activating group) is 1. The third-order valence-electron chi connectivity index (χ3n) is 5.47. The van der Waals surface area contributed by atoms with E-state index >= 15 is 0 Å². The number of hydrogen-bond acceptors (Lipinski definition) is 7. The fourth-order valence-electron chi connectivity index (χ4n) is 3.75. The van der Waals surface area contributed by atoms with Crippen LogP contribution in [0, 0.1) is 5.82 Å². The molecule has 1 N–H and O–H groups in total. The number of nitrogens with zero attached hydrogens (tertiary/aromatic N) is 2. The molecule has 1 unspecified atom stereocenters. The van der Waals surface area contributed by atoms with Gasteiger partial charge in [0.15, 0.2) is 0 Å². The molecule has 8 nitrogen and oxygen atoms in total. The summed E-state index contributed by atoms with van der Waals surface area (Å²) in [6, 6.07) is 11.5. The maximum Gasteiger partial charge on any atom is 0.410 e. The van der Waals surface area contributed by atoms with Crippen LogP contribution < -0.4 is 4.74 Å². The maximum absolute atomic E-state index is 14.7. The van der Waals surface area contributed by atoms with Gasteiger partial charge in [-0.3, -0.25) is 14.5 Å². The lowest BCUT2D eigenvalue weighted by molar-refractivity contribution is -0.140. The van der Waals surface area contributed by atoms with Crippen molar-refractivity contribution < 1.29 is 33.4 Å². The van der Waals surface area contributed by atoms with E-state index in [0.29, 0.717) is 25.3 Å². The number of hydrogen-bond donors (Lipinski definition) is 1. The van der Waals surface area contributed by atoms with Crippen molar-refractivity contribution in [2.45, 2.75) is 19.4 Å². The summed E-state index contributed by atoms with van der Waals surface area (Å²) in [5, 5.41) is 8.92. The summed E-state index contributed by atoms with van der Waals surface area (Å²) in [5.41, 5.74) is 1.16. The average molecular weight is 517 g/mol. The van der Waals surface area contributed by atoms with Gasteiger partial charge in [0.1, 0.15) is 34.8 Å². The van der Waals surface area contributed by atoms with Crippen LogP contribution >= 0.6 is 24.0 Å². The van der Waals surface area contributed by atoms with Crippen LogP contribution in [0.2, 0.25) is 0 Å². The average Bonchev–Trinajstić information content (AvgIpc) is 3.29. The van der Waals surface area contributed by atoms with Crippen LogP contribution in [0.5, 0.6) is 11.5 Å². The Kier molecular flexibility index (Phi) is 7.37. The minimum absolute atomic E-state index is 0.00879. The molecule has 0 radical (unpaired) electrons. The van der Waals surface area contributed by atoms with Gasteiger partial charge in [0.2, 0.25) is 0 Å². The van der Waals surface area contributed by atoms with E-state index in [1.165, 1.54) is 18.2 Å². The number of amides is 2. The lowest BCUT2D eigenvalue weighted by Gasteiger charge is -2.19. The van der Waals surface area contributed by atoms with Gasteiger partial charge in [0, 0.05) is 18.2 Å². The fourth-order valence-corrected chi connectivity index (χ4v) is 4.99. The molecule has 2 fully saturated rings. The molecule has 35 heavy (non-hydrogen) atoms. The van der Waals surface area contributed by atoms with E-state index in [1.807, 2.05) is 19.1 Å². The number of carbonyl (C=O) groups excluding carboxylic acids is 2. The van der Waals surface area contributed by atoms with Gasteiger partial charge in [0.05, 0.1) is 10.9 Å². The highest BCUT2D eigenvalue weighted by Gasteiger charge is 2.33. The summed E-state index contributed by atoms with van der Waals surface area (Å²) in [6.45, 7) is 2.31. The number of benzene rings is 2. The molecule has 0 saturated carbocycles. The van der Waals surface area contributed by atoms with E-state index in [1.54, 1.807) is 23.1 Å². The standard InChI is InChI=1S/C24H21FN2O6S2/c1-2-26-16(13-32-23(26)31)9-14-3-6-17(7-4-14)33-18-8-5-15(19(25)11-18)10-20-22(30)27(12-21(28)29)24(34)35-20/h3-8,10-11,16H,2,9,12-13H2,1H3,(H,28,29). The van der Waals surface area contributed by atoms with E-state index in [4.69, 9.17) is 26.8 Å². The molecule has 2 saturated heterocycles. The molecule has 2 aromatic rings. The van der Waals surface area contributed by atoms with Crippen molar-refractivity contribution in [2.24, 2.45) is 0 Å². The first-order chi connectivity index (χ1) is 16.7. The predicted octanol–water partition coefficient (Wildman–Crippen LogP) is 4.29. The van der Waals surface area contributed by atoms with Crippen molar-refractivity contribution in [1.82, 2.24) is 9.80 Å². The summed E-state index contributed by atoms with van der Waals surface area (Å²) < 4.78 is 25.7. The molecule has 0 aliphatic carbocycles. The van der Waals surface area contributed by atoms with Crippen molar-refractivity contribution in [1.29, 1.82) is 0 Å². The number of thioether (sulfide) groups is 1. The molecule has 1 atom stereocenters. The Hall–Kier alpha value is -3.44. The molecule has 0 spiro atoms. The Morgan fingerprint density at radius 1 is 1.26 bits per heavy atom. The Morgan fingerprint density at radius 2 is 1.97 bits per heavy atom. The lowest BCUT2D eigenvalue weighted by Crippen LogP contribution is -2.34. The van der Waals surface area contributed by atoms with Crippen molar-refractivity contribution >= 4 is 52.3 Å². The quantitative estimate of drug-likeness (QED) is 0.410. The second-order valence-corrected chi connectivity index (χ2v) is 9.49. The van der Waals surface area contributed by atoms with Crippen molar-refractivity contribution in [3.8, 4) is 11.5 Å². The minimum Gasteiger partial charge on any atom is -0.480 e. The molecule has 11 heteroatoms. The Bertz CT molecular complexity index is 1220. The largest absolute Gasteiger partial charge is 0.480 e. The Morgan fingerprint density at radius 3 is 2.63 bits per heavy atom. The molecular weight excluding hydrogens is 495 g/mol. The van der Waals surface area contributed by atoms with E-state index in [-0.39, 0.29) is 32.7 Å². The van der Waals surface area contributed by atoms with Gasteiger partial charge in [-0.2, -0.15) is 0 Å². The summed E-state index contributed by atoms with van der Waals surface area (Å²) in [7, 11) is 0. The molecule has 182 valence electrons.